The highest BCUT2D eigenvalue weighted by atomic mass is 14.2. The van der Waals surface area contributed by atoms with Crippen LogP contribution in [0.25, 0.3) is 0 Å². The van der Waals surface area contributed by atoms with Gasteiger partial charge in [0.15, 0.2) is 0 Å². The van der Waals surface area contributed by atoms with Gasteiger partial charge in [-0.15, -0.1) is 6.58 Å². The molecule has 0 heteroatoms. The zero-order valence-corrected chi connectivity index (χ0v) is 10.8. The number of unbranched alkanes of at least 4 members (excludes halogenated alkanes) is 1. The molecule has 0 fully saturated rings. The first-order valence-corrected chi connectivity index (χ1v) is 6.53. The molecular formula is C15H28. The van der Waals surface area contributed by atoms with Crippen molar-refractivity contribution in [1.82, 2.24) is 0 Å². The number of allylic oxidation sites excluding steroid dienone is 3. The van der Waals surface area contributed by atoms with Crippen LogP contribution in [0.2, 0.25) is 0 Å². The fourth-order valence-electron chi connectivity index (χ4n) is 2.26. The minimum Gasteiger partial charge on any atom is -0.103 e. The molecule has 0 aromatic heterocycles. The average molecular weight is 208 g/mol. The summed E-state index contributed by atoms with van der Waals surface area (Å²) in [5.74, 6) is 1.60. The second kappa shape index (κ2) is 10.0. The number of rotatable bonds is 9. The zero-order valence-electron chi connectivity index (χ0n) is 10.8. The van der Waals surface area contributed by atoms with Crippen LogP contribution in [-0.4, -0.2) is 0 Å². The minimum absolute atomic E-state index is 0.741. The molecule has 0 heterocycles. The van der Waals surface area contributed by atoms with Crippen LogP contribution in [0, 0.1) is 11.8 Å². The van der Waals surface area contributed by atoms with Crippen LogP contribution in [0.3, 0.4) is 0 Å². The van der Waals surface area contributed by atoms with Crippen molar-refractivity contribution in [2.24, 2.45) is 11.8 Å². The molecule has 0 aromatic carbocycles. The first kappa shape index (κ1) is 14.5. The molecule has 0 saturated carbocycles. The Kier molecular flexibility index (Phi) is 9.67. The summed E-state index contributed by atoms with van der Waals surface area (Å²) in [7, 11) is 0. The monoisotopic (exact) mass is 208 g/mol. The SMILES string of the molecule is C=CC(CCC)C(CC)CCCC=CC. The van der Waals surface area contributed by atoms with E-state index in [9.17, 15) is 0 Å². The Hall–Kier alpha value is -0.520. The Morgan fingerprint density at radius 2 is 1.93 bits per heavy atom. The normalized spacial score (nSPS) is 15.4. The van der Waals surface area contributed by atoms with E-state index in [1.807, 2.05) is 0 Å². The Bertz CT molecular complexity index is 167. The molecule has 88 valence electrons. The quantitative estimate of drug-likeness (QED) is 0.353. The molecular weight excluding hydrogens is 180 g/mol. The predicted molar refractivity (Wildman–Crippen MR) is 71.0 cm³/mol. The van der Waals surface area contributed by atoms with Gasteiger partial charge in [0.1, 0.15) is 0 Å². The van der Waals surface area contributed by atoms with Crippen molar-refractivity contribution in [2.75, 3.05) is 0 Å². The lowest BCUT2D eigenvalue weighted by atomic mass is 9.83. The van der Waals surface area contributed by atoms with Gasteiger partial charge in [-0.25, -0.2) is 0 Å². The van der Waals surface area contributed by atoms with Crippen molar-refractivity contribution in [3.8, 4) is 0 Å². The van der Waals surface area contributed by atoms with E-state index in [0.29, 0.717) is 0 Å². The van der Waals surface area contributed by atoms with Gasteiger partial charge in [0.2, 0.25) is 0 Å². The van der Waals surface area contributed by atoms with Crippen LogP contribution in [0.5, 0.6) is 0 Å². The molecule has 0 nitrogen and oxygen atoms in total. The highest BCUT2D eigenvalue weighted by Crippen LogP contribution is 2.26. The van der Waals surface area contributed by atoms with Crippen molar-refractivity contribution in [2.45, 2.75) is 59.3 Å². The van der Waals surface area contributed by atoms with Crippen molar-refractivity contribution in [3.05, 3.63) is 24.8 Å². The first-order valence-electron chi connectivity index (χ1n) is 6.53. The molecule has 0 N–H and O–H groups in total. The standard InChI is InChI=1S/C15H28/c1-5-9-10-11-13-15(8-4)14(7-3)12-6-2/h5,7,9,14-15H,3,6,8,10-13H2,1-2,4H3. The Morgan fingerprint density at radius 3 is 2.40 bits per heavy atom. The smallest absolute Gasteiger partial charge is 0.0208 e. The van der Waals surface area contributed by atoms with E-state index >= 15 is 0 Å². The maximum atomic E-state index is 3.98. The summed E-state index contributed by atoms with van der Waals surface area (Å²) in [5.41, 5.74) is 0. The van der Waals surface area contributed by atoms with E-state index in [-0.39, 0.29) is 0 Å². The van der Waals surface area contributed by atoms with Crippen LogP contribution in [0.15, 0.2) is 24.8 Å². The molecule has 0 amide bonds. The second-order valence-corrected chi connectivity index (χ2v) is 4.36. The predicted octanol–water partition coefficient (Wildman–Crippen LogP) is 5.36. The Morgan fingerprint density at radius 1 is 1.20 bits per heavy atom. The van der Waals surface area contributed by atoms with Crippen LogP contribution in [0.4, 0.5) is 0 Å². The molecule has 0 aliphatic carbocycles. The van der Waals surface area contributed by atoms with Gasteiger partial charge in [0.05, 0.1) is 0 Å². The Labute approximate surface area is 96.5 Å². The van der Waals surface area contributed by atoms with Gasteiger partial charge < -0.3 is 0 Å². The molecule has 0 spiro atoms. The third kappa shape index (κ3) is 6.54. The molecule has 0 saturated heterocycles. The third-order valence-corrected chi connectivity index (χ3v) is 3.24. The van der Waals surface area contributed by atoms with Gasteiger partial charge in [-0.2, -0.15) is 0 Å². The van der Waals surface area contributed by atoms with Crippen molar-refractivity contribution in [3.63, 3.8) is 0 Å². The van der Waals surface area contributed by atoms with Crippen LogP contribution in [0.1, 0.15) is 59.3 Å². The minimum atomic E-state index is 0.741. The average Bonchev–Trinajstić information content (AvgIpc) is 2.27. The van der Waals surface area contributed by atoms with E-state index in [1.165, 1.54) is 38.5 Å². The van der Waals surface area contributed by atoms with E-state index in [1.54, 1.807) is 0 Å². The van der Waals surface area contributed by atoms with Crippen molar-refractivity contribution in [1.29, 1.82) is 0 Å². The number of hydrogen-bond donors (Lipinski definition) is 0. The zero-order chi connectivity index (χ0) is 11.5. The maximum Gasteiger partial charge on any atom is -0.0208 e. The molecule has 2 unspecified atom stereocenters. The Balaban J connectivity index is 3.91. The lowest BCUT2D eigenvalue weighted by molar-refractivity contribution is 0.332. The lowest BCUT2D eigenvalue weighted by Crippen LogP contribution is -2.11. The molecule has 0 aromatic rings. The summed E-state index contributed by atoms with van der Waals surface area (Å²) in [6.07, 6.45) is 14.4. The summed E-state index contributed by atoms with van der Waals surface area (Å²) < 4.78 is 0. The van der Waals surface area contributed by atoms with Crippen LogP contribution < -0.4 is 0 Å². The molecule has 0 bridgehead atoms. The summed E-state index contributed by atoms with van der Waals surface area (Å²) >= 11 is 0. The van der Waals surface area contributed by atoms with E-state index in [4.69, 9.17) is 0 Å². The third-order valence-electron chi connectivity index (χ3n) is 3.24. The van der Waals surface area contributed by atoms with Gasteiger partial charge in [-0.05, 0) is 44.4 Å². The highest BCUT2D eigenvalue weighted by molar-refractivity contribution is 4.85. The van der Waals surface area contributed by atoms with Crippen molar-refractivity contribution >= 4 is 0 Å². The van der Waals surface area contributed by atoms with Gasteiger partial charge in [-0.1, -0.05) is 44.9 Å². The first-order chi connectivity index (χ1) is 7.29. The van der Waals surface area contributed by atoms with Gasteiger partial charge in [0, 0.05) is 0 Å². The molecule has 0 rings (SSSR count). The lowest BCUT2D eigenvalue weighted by Gasteiger charge is -2.22. The van der Waals surface area contributed by atoms with E-state index < -0.39 is 0 Å². The summed E-state index contributed by atoms with van der Waals surface area (Å²) in [5, 5.41) is 0. The van der Waals surface area contributed by atoms with E-state index in [2.05, 4.69) is 45.6 Å². The summed E-state index contributed by atoms with van der Waals surface area (Å²) in [6.45, 7) is 10.7. The summed E-state index contributed by atoms with van der Waals surface area (Å²) in [6, 6.07) is 0. The van der Waals surface area contributed by atoms with Crippen LogP contribution in [-0.2, 0) is 0 Å². The molecule has 0 aliphatic rings. The number of hydrogen-bond acceptors (Lipinski definition) is 0. The van der Waals surface area contributed by atoms with Crippen molar-refractivity contribution < 1.29 is 0 Å². The largest absolute Gasteiger partial charge is 0.103 e. The molecule has 0 radical (unpaired) electrons. The highest BCUT2D eigenvalue weighted by Gasteiger charge is 2.15. The van der Waals surface area contributed by atoms with Gasteiger partial charge in [-0.3, -0.25) is 0 Å². The summed E-state index contributed by atoms with van der Waals surface area (Å²) in [4.78, 5) is 0. The molecule has 2 atom stereocenters. The second-order valence-electron chi connectivity index (χ2n) is 4.36. The maximum absolute atomic E-state index is 3.98. The topological polar surface area (TPSA) is 0 Å². The fourth-order valence-corrected chi connectivity index (χ4v) is 2.26. The van der Waals surface area contributed by atoms with Crippen LogP contribution >= 0.6 is 0 Å². The molecule has 15 heavy (non-hydrogen) atoms. The fraction of sp³-hybridized carbons (Fsp3) is 0.733. The van der Waals surface area contributed by atoms with E-state index in [0.717, 1.165) is 11.8 Å². The van der Waals surface area contributed by atoms with Gasteiger partial charge >= 0.3 is 0 Å². The molecule has 0 aliphatic heterocycles. The van der Waals surface area contributed by atoms with Gasteiger partial charge in [0.25, 0.3) is 0 Å².